The van der Waals surface area contributed by atoms with E-state index in [0.717, 1.165) is 26.2 Å². The van der Waals surface area contributed by atoms with Crippen molar-refractivity contribution in [2.75, 3.05) is 58.9 Å². The number of nitrogens with one attached hydrogen (secondary N) is 2. The quantitative estimate of drug-likeness (QED) is 0.844. The summed E-state index contributed by atoms with van der Waals surface area (Å²) < 4.78 is 0. The van der Waals surface area contributed by atoms with E-state index in [2.05, 4.69) is 50.8 Å². The molecule has 0 spiro atoms. The summed E-state index contributed by atoms with van der Waals surface area (Å²) in [6.07, 6.45) is 1.24. The third-order valence-electron chi connectivity index (χ3n) is 4.71. The minimum absolute atomic E-state index is 0.572. The van der Waals surface area contributed by atoms with Crippen LogP contribution in [0.15, 0.2) is 30.3 Å². The van der Waals surface area contributed by atoms with Crippen molar-refractivity contribution in [3.63, 3.8) is 0 Å². The summed E-state index contributed by atoms with van der Waals surface area (Å²) >= 11 is 0. The minimum atomic E-state index is 0.572. The van der Waals surface area contributed by atoms with E-state index in [1.807, 2.05) is 0 Å². The molecule has 2 N–H and O–H groups in total. The van der Waals surface area contributed by atoms with Gasteiger partial charge in [-0.15, -0.1) is 0 Å². The van der Waals surface area contributed by atoms with Crippen molar-refractivity contribution in [1.29, 1.82) is 0 Å². The average Bonchev–Trinajstić information content (AvgIpc) is 2.58. The van der Waals surface area contributed by atoms with Crippen LogP contribution in [0.5, 0.6) is 0 Å². The molecule has 0 bridgehead atoms. The molecule has 1 atom stereocenters. The largest absolute Gasteiger partial charge is 0.314 e. The lowest BCUT2D eigenvalue weighted by atomic mass is 10.0. The first-order valence-corrected chi connectivity index (χ1v) is 8.36. The summed E-state index contributed by atoms with van der Waals surface area (Å²) in [5.41, 5.74) is 1.48. The Kier molecular flexibility index (Phi) is 5.63. The lowest BCUT2D eigenvalue weighted by molar-refractivity contribution is 0.143. The molecule has 1 unspecified atom stereocenters. The van der Waals surface area contributed by atoms with Gasteiger partial charge in [-0.2, -0.15) is 0 Å². The van der Waals surface area contributed by atoms with Gasteiger partial charge in [0.2, 0.25) is 0 Å². The summed E-state index contributed by atoms with van der Waals surface area (Å²) in [6.45, 7) is 10.5. The van der Waals surface area contributed by atoms with Gasteiger partial charge in [0.05, 0.1) is 0 Å². The summed E-state index contributed by atoms with van der Waals surface area (Å²) in [5, 5.41) is 6.90. The molecule has 21 heavy (non-hydrogen) atoms. The maximum absolute atomic E-state index is 3.47. The predicted octanol–water partition coefficient (Wildman–Crippen LogP) is 0.928. The first-order valence-electron chi connectivity index (χ1n) is 8.36. The molecule has 0 radical (unpaired) electrons. The number of benzene rings is 1. The van der Waals surface area contributed by atoms with Crippen molar-refractivity contribution in [2.45, 2.75) is 12.5 Å². The molecule has 0 aliphatic carbocycles. The first kappa shape index (κ1) is 15.0. The zero-order chi connectivity index (χ0) is 14.3. The Labute approximate surface area is 128 Å². The van der Waals surface area contributed by atoms with Gasteiger partial charge in [-0.3, -0.25) is 4.90 Å². The lowest BCUT2D eigenvalue weighted by Crippen LogP contribution is -2.47. The molecule has 0 aromatic heterocycles. The Morgan fingerprint density at radius 1 is 0.857 bits per heavy atom. The first-order chi connectivity index (χ1) is 10.4. The molecule has 2 aliphatic heterocycles. The van der Waals surface area contributed by atoms with Crippen molar-refractivity contribution >= 4 is 0 Å². The third kappa shape index (κ3) is 4.27. The molecule has 0 amide bonds. The van der Waals surface area contributed by atoms with E-state index in [-0.39, 0.29) is 0 Å². The van der Waals surface area contributed by atoms with E-state index in [9.17, 15) is 0 Å². The molecule has 3 rings (SSSR count). The molecule has 2 saturated heterocycles. The van der Waals surface area contributed by atoms with Crippen LogP contribution in [-0.2, 0) is 0 Å². The highest BCUT2D eigenvalue weighted by atomic mass is 15.2. The van der Waals surface area contributed by atoms with Crippen LogP contribution in [-0.4, -0.2) is 68.7 Å². The van der Waals surface area contributed by atoms with E-state index < -0.39 is 0 Å². The molecule has 2 heterocycles. The Balaban J connectivity index is 1.63. The van der Waals surface area contributed by atoms with Crippen molar-refractivity contribution < 1.29 is 0 Å². The molecular formula is C17H28N4. The second-order valence-electron chi connectivity index (χ2n) is 6.09. The number of piperazine rings is 2. The van der Waals surface area contributed by atoms with E-state index in [4.69, 9.17) is 0 Å². The van der Waals surface area contributed by atoms with Crippen molar-refractivity contribution in [2.24, 2.45) is 0 Å². The van der Waals surface area contributed by atoms with Gasteiger partial charge in [-0.1, -0.05) is 30.3 Å². The summed E-state index contributed by atoms with van der Waals surface area (Å²) in [4.78, 5) is 5.27. The Hall–Kier alpha value is -0.940. The van der Waals surface area contributed by atoms with Crippen LogP contribution >= 0.6 is 0 Å². The van der Waals surface area contributed by atoms with E-state index in [1.165, 1.54) is 44.7 Å². The fraction of sp³-hybridized carbons (Fsp3) is 0.647. The van der Waals surface area contributed by atoms with Gasteiger partial charge in [-0.25, -0.2) is 0 Å². The molecule has 1 aromatic rings. The lowest BCUT2D eigenvalue weighted by Gasteiger charge is -2.37. The summed E-state index contributed by atoms with van der Waals surface area (Å²) in [7, 11) is 0. The molecule has 2 aliphatic rings. The van der Waals surface area contributed by atoms with E-state index in [0.29, 0.717) is 6.04 Å². The Morgan fingerprint density at radius 3 is 2.14 bits per heavy atom. The molecule has 0 saturated carbocycles. The van der Waals surface area contributed by atoms with Gasteiger partial charge in [0.25, 0.3) is 0 Å². The third-order valence-corrected chi connectivity index (χ3v) is 4.71. The number of nitrogens with zero attached hydrogens (tertiary/aromatic N) is 2. The van der Waals surface area contributed by atoms with Crippen molar-refractivity contribution in [3.8, 4) is 0 Å². The fourth-order valence-corrected chi connectivity index (χ4v) is 3.47. The van der Waals surface area contributed by atoms with Gasteiger partial charge >= 0.3 is 0 Å². The standard InChI is InChI=1S/C17H28N4/c1-2-4-16(5-3-1)17(21-14-9-19-10-15-21)6-11-20-12-7-18-8-13-20/h1-5,17-19H,6-15H2. The monoisotopic (exact) mass is 288 g/mol. The number of hydrogen-bond acceptors (Lipinski definition) is 4. The second kappa shape index (κ2) is 7.90. The van der Waals surface area contributed by atoms with Crippen molar-refractivity contribution in [1.82, 2.24) is 20.4 Å². The van der Waals surface area contributed by atoms with Gasteiger partial charge < -0.3 is 15.5 Å². The SMILES string of the molecule is c1ccc(C(CCN2CCNCC2)N2CCNCC2)cc1. The molecule has 1 aromatic carbocycles. The van der Waals surface area contributed by atoms with Crippen LogP contribution < -0.4 is 10.6 Å². The highest BCUT2D eigenvalue weighted by Gasteiger charge is 2.22. The molecule has 2 fully saturated rings. The van der Waals surface area contributed by atoms with Gasteiger partial charge in [0, 0.05) is 64.9 Å². The molecule has 116 valence electrons. The molecule has 4 nitrogen and oxygen atoms in total. The zero-order valence-corrected chi connectivity index (χ0v) is 12.9. The van der Waals surface area contributed by atoms with Gasteiger partial charge in [-0.05, 0) is 12.0 Å². The van der Waals surface area contributed by atoms with Crippen LogP contribution in [0.3, 0.4) is 0 Å². The maximum atomic E-state index is 3.47. The fourth-order valence-electron chi connectivity index (χ4n) is 3.47. The Bertz CT molecular complexity index is 397. The van der Waals surface area contributed by atoms with Crippen LogP contribution in [0, 0.1) is 0 Å². The van der Waals surface area contributed by atoms with Gasteiger partial charge in [0.1, 0.15) is 0 Å². The highest BCUT2D eigenvalue weighted by Crippen LogP contribution is 2.25. The number of rotatable bonds is 5. The smallest absolute Gasteiger partial charge is 0.0361 e. The van der Waals surface area contributed by atoms with Crippen LogP contribution in [0.2, 0.25) is 0 Å². The van der Waals surface area contributed by atoms with Crippen LogP contribution in [0.4, 0.5) is 0 Å². The van der Waals surface area contributed by atoms with Crippen LogP contribution in [0.1, 0.15) is 18.0 Å². The topological polar surface area (TPSA) is 30.5 Å². The van der Waals surface area contributed by atoms with Crippen molar-refractivity contribution in [3.05, 3.63) is 35.9 Å². The molecule has 4 heteroatoms. The average molecular weight is 288 g/mol. The van der Waals surface area contributed by atoms with Crippen LogP contribution in [0.25, 0.3) is 0 Å². The summed E-state index contributed by atoms with van der Waals surface area (Å²) in [6, 6.07) is 11.6. The Morgan fingerprint density at radius 2 is 1.48 bits per heavy atom. The maximum Gasteiger partial charge on any atom is 0.0361 e. The zero-order valence-electron chi connectivity index (χ0n) is 12.9. The normalized spacial score (nSPS) is 23.0. The van der Waals surface area contributed by atoms with E-state index >= 15 is 0 Å². The van der Waals surface area contributed by atoms with Gasteiger partial charge in [0.15, 0.2) is 0 Å². The van der Waals surface area contributed by atoms with E-state index in [1.54, 1.807) is 0 Å². The summed E-state index contributed by atoms with van der Waals surface area (Å²) in [5.74, 6) is 0. The number of hydrogen-bond donors (Lipinski definition) is 2. The minimum Gasteiger partial charge on any atom is -0.314 e. The predicted molar refractivity (Wildman–Crippen MR) is 87.6 cm³/mol. The molecular weight excluding hydrogens is 260 g/mol. The second-order valence-corrected chi connectivity index (χ2v) is 6.09. The highest BCUT2D eigenvalue weighted by molar-refractivity contribution is 5.19.